The number of carbonyl (C=O) groups is 1. The molecule has 0 saturated carbocycles. The molecule has 1 amide bonds. The molecular weight excluding hydrogens is 266 g/mol. The van der Waals surface area contributed by atoms with Crippen LogP contribution < -0.4 is 4.90 Å². The van der Waals surface area contributed by atoms with Crippen LogP contribution in [0.2, 0.25) is 0 Å². The molecule has 0 aromatic heterocycles. The molecule has 1 atom stereocenters. The van der Waals surface area contributed by atoms with Crippen molar-refractivity contribution in [2.75, 3.05) is 31.6 Å². The summed E-state index contributed by atoms with van der Waals surface area (Å²) in [6.45, 7) is 7.12. The largest absolute Gasteiger partial charge is 0.389 e. The van der Waals surface area contributed by atoms with Gasteiger partial charge in [-0.1, -0.05) is 6.07 Å². The van der Waals surface area contributed by atoms with Crippen molar-refractivity contribution in [1.29, 1.82) is 5.26 Å². The van der Waals surface area contributed by atoms with Crippen molar-refractivity contribution in [3.8, 4) is 6.07 Å². The summed E-state index contributed by atoms with van der Waals surface area (Å²) in [6, 6.07) is 7.19. The number of nitriles is 1. The number of nitrogens with zero attached hydrogens (tertiary/aromatic N) is 3. The molecule has 5 nitrogen and oxygen atoms in total. The Kier molecular flexibility index (Phi) is 6.19. The number of aliphatic hydroxyl groups excluding tert-OH is 1. The van der Waals surface area contributed by atoms with Crippen molar-refractivity contribution in [3.05, 3.63) is 29.3 Å². The number of rotatable bonds is 6. The molecule has 0 unspecified atom stereocenters. The van der Waals surface area contributed by atoms with Crippen molar-refractivity contribution in [2.24, 2.45) is 0 Å². The minimum Gasteiger partial charge on any atom is -0.389 e. The van der Waals surface area contributed by atoms with Crippen molar-refractivity contribution >= 4 is 11.6 Å². The molecule has 114 valence electrons. The molecule has 0 fully saturated rings. The summed E-state index contributed by atoms with van der Waals surface area (Å²) in [6.07, 6.45) is -0.654. The van der Waals surface area contributed by atoms with Gasteiger partial charge in [-0.15, -0.1) is 0 Å². The molecule has 1 aromatic carbocycles. The van der Waals surface area contributed by atoms with Crippen LogP contribution in [0.25, 0.3) is 0 Å². The molecule has 0 bridgehead atoms. The Labute approximate surface area is 126 Å². The lowest BCUT2D eigenvalue weighted by atomic mass is 10.0. The molecule has 0 saturated heterocycles. The van der Waals surface area contributed by atoms with Crippen LogP contribution in [0.5, 0.6) is 0 Å². The number of carbonyl (C=O) groups excluding carboxylic acids is 1. The molecule has 0 aliphatic carbocycles. The van der Waals surface area contributed by atoms with Gasteiger partial charge in [0.1, 0.15) is 0 Å². The third-order valence-electron chi connectivity index (χ3n) is 3.51. The number of amides is 1. The Hall–Kier alpha value is -2.06. The first-order valence-electron chi connectivity index (χ1n) is 7.15. The molecule has 1 rings (SSSR count). The third kappa shape index (κ3) is 4.20. The monoisotopic (exact) mass is 289 g/mol. The zero-order valence-electron chi connectivity index (χ0n) is 13.1. The lowest BCUT2D eigenvalue weighted by Gasteiger charge is -2.26. The Balaban J connectivity index is 3.03. The van der Waals surface area contributed by atoms with Gasteiger partial charge in [-0.3, -0.25) is 4.79 Å². The number of hydrogen-bond acceptors (Lipinski definition) is 4. The Morgan fingerprint density at radius 1 is 1.38 bits per heavy atom. The first-order chi connectivity index (χ1) is 9.94. The van der Waals surface area contributed by atoms with E-state index in [0.29, 0.717) is 29.9 Å². The van der Waals surface area contributed by atoms with Crippen LogP contribution in [0.1, 0.15) is 38.0 Å². The lowest BCUT2D eigenvalue weighted by molar-refractivity contribution is -0.129. The first-order valence-corrected chi connectivity index (χ1v) is 7.15. The first kappa shape index (κ1) is 17.0. The number of benzene rings is 1. The van der Waals surface area contributed by atoms with E-state index in [1.165, 1.54) is 0 Å². The third-order valence-corrected chi connectivity index (χ3v) is 3.51. The van der Waals surface area contributed by atoms with E-state index in [0.717, 1.165) is 0 Å². The fraction of sp³-hybridized carbons (Fsp3) is 0.500. The lowest BCUT2D eigenvalue weighted by Crippen LogP contribution is -2.39. The van der Waals surface area contributed by atoms with Crippen LogP contribution >= 0.6 is 0 Å². The van der Waals surface area contributed by atoms with E-state index in [1.54, 1.807) is 42.0 Å². The molecule has 21 heavy (non-hydrogen) atoms. The van der Waals surface area contributed by atoms with Crippen molar-refractivity contribution in [3.63, 3.8) is 0 Å². The SMILES string of the molecule is CCN(CC)C(=O)CN(C)c1cc(C#N)ccc1[C@@H](C)O. The van der Waals surface area contributed by atoms with Crippen molar-refractivity contribution in [2.45, 2.75) is 26.9 Å². The molecule has 0 spiro atoms. The highest BCUT2D eigenvalue weighted by molar-refractivity contribution is 5.81. The maximum atomic E-state index is 12.2. The highest BCUT2D eigenvalue weighted by Crippen LogP contribution is 2.26. The second kappa shape index (κ2) is 7.65. The maximum Gasteiger partial charge on any atom is 0.242 e. The molecule has 1 aromatic rings. The van der Waals surface area contributed by atoms with E-state index in [2.05, 4.69) is 6.07 Å². The molecule has 0 aliphatic rings. The zero-order valence-corrected chi connectivity index (χ0v) is 13.1. The smallest absolute Gasteiger partial charge is 0.242 e. The van der Waals surface area contributed by atoms with Crippen LogP contribution in [0.4, 0.5) is 5.69 Å². The van der Waals surface area contributed by atoms with Gasteiger partial charge in [0.05, 0.1) is 24.3 Å². The normalized spacial score (nSPS) is 11.6. The summed E-state index contributed by atoms with van der Waals surface area (Å²) in [5.74, 6) is 0.0291. The zero-order chi connectivity index (χ0) is 16.0. The van der Waals surface area contributed by atoms with E-state index in [9.17, 15) is 9.90 Å². The highest BCUT2D eigenvalue weighted by Gasteiger charge is 2.17. The Bertz CT molecular complexity index is 531. The van der Waals surface area contributed by atoms with E-state index >= 15 is 0 Å². The number of hydrogen-bond donors (Lipinski definition) is 1. The summed E-state index contributed by atoms with van der Waals surface area (Å²) in [7, 11) is 1.80. The second-order valence-electron chi connectivity index (χ2n) is 4.98. The minimum atomic E-state index is -0.654. The van der Waals surface area contributed by atoms with Crippen LogP contribution in [-0.2, 0) is 4.79 Å². The molecule has 0 aliphatic heterocycles. The van der Waals surface area contributed by atoms with E-state index in [-0.39, 0.29) is 12.5 Å². The van der Waals surface area contributed by atoms with E-state index < -0.39 is 6.10 Å². The standard InChI is InChI=1S/C16H23N3O2/c1-5-19(6-2)16(21)11-18(4)15-9-13(10-17)7-8-14(15)12(3)20/h7-9,12,20H,5-6,11H2,1-4H3/t12-/m1/s1. The second-order valence-corrected chi connectivity index (χ2v) is 4.98. The summed E-state index contributed by atoms with van der Waals surface area (Å²) < 4.78 is 0. The predicted molar refractivity (Wildman–Crippen MR) is 83.0 cm³/mol. The van der Waals surface area contributed by atoms with Gasteiger partial charge in [-0.05, 0) is 32.9 Å². The van der Waals surface area contributed by atoms with Gasteiger partial charge in [0.2, 0.25) is 5.91 Å². The quantitative estimate of drug-likeness (QED) is 0.868. The molecule has 1 N–H and O–H groups in total. The van der Waals surface area contributed by atoms with Crippen LogP contribution in [0, 0.1) is 11.3 Å². The van der Waals surface area contributed by atoms with Crippen LogP contribution in [0.15, 0.2) is 18.2 Å². The van der Waals surface area contributed by atoms with Gasteiger partial charge in [0.15, 0.2) is 0 Å². The van der Waals surface area contributed by atoms with Gasteiger partial charge in [0.25, 0.3) is 0 Å². The topological polar surface area (TPSA) is 67.6 Å². The van der Waals surface area contributed by atoms with Gasteiger partial charge in [-0.25, -0.2) is 0 Å². The number of likely N-dealkylation sites (N-methyl/N-ethyl adjacent to an activating group) is 2. The number of aliphatic hydroxyl groups is 1. The van der Waals surface area contributed by atoms with Crippen molar-refractivity contribution < 1.29 is 9.90 Å². The average molecular weight is 289 g/mol. The minimum absolute atomic E-state index is 0.0291. The summed E-state index contributed by atoms with van der Waals surface area (Å²) >= 11 is 0. The van der Waals surface area contributed by atoms with Gasteiger partial charge < -0.3 is 14.9 Å². The summed E-state index contributed by atoms with van der Waals surface area (Å²) in [5.41, 5.74) is 1.94. The Morgan fingerprint density at radius 3 is 2.48 bits per heavy atom. The van der Waals surface area contributed by atoms with Gasteiger partial charge in [-0.2, -0.15) is 5.26 Å². The molecular formula is C16H23N3O2. The molecule has 0 heterocycles. The van der Waals surface area contributed by atoms with E-state index in [4.69, 9.17) is 5.26 Å². The predicted octanol–water partition coefficient (Wildman–Crippen LogP) is 1.92. The van der Waals surface area contributed by atoms with E-state index in [1.807, 2.05) is 13.8 Å². The van der Waals surface area contributed by atoms with Crippen molar-refractivity contribution in [1.82, 2.24) is 4.90 Å². The van der Waals surface area contributed by atoms with Gasteiger partial charge >= 0.3 is 0 Å². The fourth-order valence-electron chi connectivity index (χ4n) is 2.26. The molecule has 5 heteroatoms. The summed E-state index contributed by atoms with van der Waals surface area (Å²) in [4.78, 5) is 15.7. The van der Waals surface area contributed by atoms with Crippen LogP contribution in [-0.4, -0.2) is 42.6 Å². The Morgan fingerprint density at radius 2 is 2.00 bits per heavy atom. The fourth-order valence-corrected chi connectivity index (χ4v) is 2.26. The average Bonchev–Trinajstić information content (AvgIpc) is 2.47. The van der Waals surface area contributed by atoms with Gasteiger partial charge in [0, 0.05) is 31.4 Å². The summed E-state index contributed by atoms with van der Waals surface area (Å²) in [5, 5.41) is 18.9. The number of anilines is 1. The highest BCUT2D eigenvalue weighted by atomic mass is 16.3. The molecule has 0 radical (unpaired) electrons. The maximum absolute atomic E-state index is 12.2. The van der Waals surface area contributed by atoms with Crippen LogP contribution in [0.3, 0.4) is 0 Å².